The van der Waals surface area contributed by atoms with E-state index in [-0.39, 0.29) is 0 Å². The highest BCUT2D eigenvalue weighted by atomic mass is 15.1. The summed E-state index contributed by atoms with van der Waals surface area (Å²) in [5, 5.41) is 2.53. The van der Waals surface area contributed by atoms with E-state index in [1.165, 1.54) is 77.6 Å². The predicted octanol–water partition coefficient (Wildman–Crippen LogP) is 13.4. The third kappa shape index (κ3) is 5.75. The van der Waals surface area contributed by atoms with E-state index in [4.69, 9.17) is 4.98 Å². The lowest BCUT2D eigenvalue weighted by Crippen LogP contribution is -2.06. The fourth-order valence-corrected chi connectivity index (χ4v) is 7.95. The van der Waals surface area contributed by atoms with Gasteiger partial charge in [0, 0.05) is 40.0 Å². The number of aryl methyl sites for hydroxylation is 2. The Labute approximate surface area is 311 Å². The van der Waals surface area contributed by atoms with Crippen molar-refractivity contribution in [1.29, 1.82) is 0 Å². The molecular weight excluding hydrogens is 643 g/mol. The second-order valence-electron chi connectivity index (χ2n) is 14.4. The van der Waals surface area contributed by atoms with Gasteiger partial charge in [0.15, 0.2) is 0 Å². The molecule has 256 valence electrons. The van der Waals surface area contributed by atoms with Gasteiger partial charge >= 0.3 is 0 Å². The SMILES string of the molecule is Cc1ccc2c(c1)c1cc(-c3ccccc3)c(C)cc1n2-c1ccc(-c2nccn2-c2c(-c3ccccc3)cc(-c3ccccc3)cc2C(C)C)cc1. The molecule has 0 N–H and O–H groups in total. The van der Waals surface area contributed by atoms with Crippen LogP contribution in [0.25, 0.3) is 77.9 Å². The van der Waals surface area contributed by atoms with Crippen molar-refractivity contribution in [2.24, 2.45) is 0 Å². The molecule has 0 aliphatic heterocycles. The number of fused-ring (bicyclic) bond motifs is 3. The Morgan fingerprint density at radius 3 is 1.79 bits per heavy atom. The maximum Gasteiger partial charge on any atom is 0.144 e. The average Bonchev–Trinajstić information content (AvgIpc) is 3.80. The molecule has 2 aromatic heterocycles. The third-order valence-electron chi connectivity index (χ3n) is 10.6. The van der Waals surface area contributed by atoms with Gasteiger partial charge in [-0.2, -0.15) is 0 Å². The van der Waals surface area contributed by atoms with Gasteiger partial charge in [0.1, 0.15) is 5.82 Å². The summed E-state index contributed by atoms with van der Waals surface area (Å²) in [6.07, 6.45) is 4.04. The Balaban J connectivity index is 1.19. The zero-order valence-corrected chi connectivity index (χ0v) is 30.6. The summed E-state index contributed by atoms with van der Waals surface area (Å²) in [7, 11) is 0. The smallest absolute Gasteiger partial charge is 0.144 e. The summed E-state index contributed by atoms with van der Waals surface area (Å²) in [6, 6.07) is 57.3. The molecule has 0 fully saturated rings. The van der Waals surface area contributed by atoms with Crippen LogP contribution in [0.15, 0.2) is 170 Å². The van der Waals surface area contributed by atoms with E-state index in [0.29, 0.717) is 5.92 Å². The minimum atomic E-state index is 0.290. The van der Waals surface area contributed by atoms with Gasteiger partial charge < -0.3 is 4.57 Å². The highest BCUT2D eigenvalue weighted by Crippen LogP contribution is 2.41. The van der Waals surface area contributed by atoms with Crippen LogP contribution < -0.4 is 0 Å². The molecule has 0 aliphatic rings. The largest absolute Gasteiger partial charge is 0.309 e. The topological polar surface area (TPSA) is 22.8 Å². The van der Waals surface area contributed by atoms with Gasteiger partial charge in [0.05, 0.1) is 16.7 Å². The summed E-state index contributed by atoms with van der Waals surface area (Å²) in [4.78, 5) is 4.99. The van der Waals surface area contributed by atoms with E-state index in [2.05, 4.69) is 201 Å². The van der Waals surface area contributed by atoms with Crippen LogP contribution in [0.2, 0.25) is 0 Å². The number of rotatable bonds is 7. The van der Waals surface area contributed by atoms with Crippen molar-refractivity contribution in [3.05, 3.63) is 187 Å². The summed E-state index contributed by atoms with van der Waals surface area (Å²) in [5.41, 5.74) is 16.9. The fraction of sp³-hybridized carbons (Fsp3) is 0.100. The van der Waals surface area contributed by atoms with Crippen molar-refractivity contribution in [1.82, 2.24) is 14.1 Å². The quantitative estimate of drug-likeness (QED) is 0.164. The Hall–Kier alpha value is -6.45. The number of benzene rings is 7. The Morgan fingerprint density at radius 1 is 0.509 bits per heavy atom. The highest BCUT2D eigenvalue weighted by molar-refractivity contribution is 6.11. The molecular formula is C50H41N3. The van der Waals surface area contributed by atoms with Crippen LogP contribution in [-0.4, -0.2) is 14.1 Å². The zero-order chi connectivity index (χ0) is 36.1. The van der Waals surface area contributed by atoms with Gasteiger partial charge in [-0.1, -0.05) is 116 Å². The van der Waals surface area contributed by atoms with Crippen LogP contribution >= 0.6 is 0 Å². The lowest BCUT2D eigenvalue weighted by molar-refractivity contribution is 0.848. The number of imidazole rings is 1. The third-order valence-corrected chi connectivity index (χ3v) is 10.6. The van der Waals surface area contributed by atoms with E-state index in [1.54, 1.807) is 0 Å². The van der Waals surface area contributed by atoms with Gasteiger partial charge in [-0.15, -0.1) is 0 Å². The Morgan fingerprint density at radius 2 is 1.13 bits per heavy atom. The lowest BCUT2D eigenvalue weighted by Gasteiger charge is -2.22. The Bertz CT molecular complexity index is 2730. The fourth-order valence-electron chi connectivity index (χ4n) is 7.95. The van der Waals surface area contributed by atoms with Gasteiger partial charge in [-0.25, -0.2) is 4.98 Å². The predicted molar refractivity (Wildman–Crippen MR) is 223 cm³/mol. The van der Waals surface area contributed by atoms with Gasteiger partial charge in [0.2, 0.25) is 0 Å². The standard InChI is InChI=1S/C50H41N3/c1-33(2)42-30-40(36-14-8-5-9-15-36)31-44(38-18-12-7-13-19-38)49(42)52-27-26-51-50(52)39-21-23-41(24-22-39)53-47-25-20-34(3)28-45(47)46-32-43(35(4)29-48(46)53)37-16-10-6-11-17-37/h5-33H,1-4H3. The van der Waals surface area contributed by atoms with Crippen LogP contribution in [0.3, 0.4) is 0 Å². The molecule has 9 rings (SSSR count). The number of aromatic nitrogens is 3. The molecule has 2 heterocycles. The van der Waals surface area contributed by atoms with Gasteiger partial charge in [-0.05, 0) is 119 Å². The Kier molecular flexibility index (Phi) is 8.12. The molecule has 9 aromatic rings. The first kappa shape index (κ1) is 32.5. The molecule has 0 atom stereocenters. The van der Waals surface area contributed by atoms with Crippen molar-refractivity contribution < 1.29 is 0 Å². The molecule has 0 saturated carbocycles. The monoisotopic (exact) mass is 683 g/mol. The first-order valence-electron chi connectivity index (χ1n) is 18.5. The van der Waals surface area contributed by atoms with Crippen LogP contribution in [0.4, 0.5) is 0 Å². The minimum Gasteiger partial charge on any atom is -0.309 e. The first-order valence-corrected chi connectivity index (χ1v) is 18.5. The number of hydrogen-bond acceptors (Lipinski definition) is 1. The van der Waals surface area contributed by atoms with Gasteiger partial charge in [-0.3, -0.25) is 4.57 Å². The summed E-state index contributed by atoms with van der Waals surface area (Å²) < 4.78 is 4.70. The van der Waals surface area contributed by atoms with Crippen molar-refractivity contribution in [2.45, 2.75) is 33.6 Å². The summed E-state index contributed by atoms with van der Waals surface area (Å²) >= 11 is 0. The molecule has 0 aliphatic carbocycles. The van der Waals surface area contributed by atoms with Crippen LogP contribution in [0, 0.1) is 13.8 Å². The summed E-state index contributed by atoms with van der Waals surface area (Å²) in [5.74, 6) is 1.21. The lowest BCUT2D eigenvalue weighted by atomic mass is 9.89. The zero-order valence-electron chi connectivity index (χ0n) is 30.6. The van der Waals surface area contributed by atoms with Gasteiger partial charge in [0.25, 0.3) is 0 Å². The second-order valence-corrected chi connectivity index (χ2v) is 14.4. The van der Waals surface area contributed by atoms with Crippen molar-refractivity contribution in [2.75, 3.05) is 0 Å². The van der Waals surface area contributed by atoms with E-state index in [9.17, 15) is 0 Å². The molecule has 3 heteroatoms. The molecule has 0 spiro atoms. The van der Waals surface area contributed by atoms with Crippen molar-refractivity contribution in [3.8, 4) is 56.1 Å². The minimum absolute atomic E-state index is 0.290. The van der Waals surface area contributed by atoms with E-state index < -0.39 is 0 Å². The van der Waals surface area contributed by atoms with E-state index in [0.717, 1.165) is 17.1 Å². The molecule has 0 unspecified atom stereocenters. The number of hydrogen-bond donors (Lipinski definition) is 0. The van der Waals surface area contributed by atoms with Crippen LogP contribution in [0.5, 0.6) is 0 Å². The van der Waals surface area contributed by atoms with Crippen LogP contribution in [0.1, 0.15) is 36.5 Å². The maximum atomic E-state index is 4.99. The molecule has 3 nitrogen and oxygen atoms in total. The normalized spacial score (nSPS) is 11.6. The highest BCUT2D eigenvalue weighted by Gasteiger charge is 2.21. The van der Waals surface area contributed by atoms with Crippen molar-refractivity contribution in [3.63, 3.8) is 0 Å². The molecule has 0 radical (unpaired) electrons. The number of nitrogens with zero attached hydrogens (tertiary/aromatic N) is 3. The van der Waals surface area contributed by atoms with E-state index in [1.807, 2.05) is 6.20 Å². The van der Waals surface area contributed by atoms with Crippen LogP contribution in [-0.2, 0) is 0 Å². The molecule has 53 heavy (non-hydrogen) atoms. The average molecular weight is 684 g/mol. The molecule has 0 amide bonds. The summed E-state index contributed by atoms with van der Waals surface area (Å²) in [6.45, 7) is 8.96. The molecule has 0 saturated heterocycles. The first-order chi connectivity index (χ1) is 25.9. The van der Waals surface area contributed by atoms with Crippen molar-refractivity contribution >= 4 is 21.8 Å². The maximum absolute atomic E-state index is 4.99. The second kappa shape index (κ2) is 13.3. The van der Waals surface area contributed by atoms with E-state index >= 15 is 0 Å². The molecule has 0 bridgehead atoms. The molecule has 7 aromatic carbocycles.